The van der Waals surface area contributed by atoms with E-state index >= 15 is 0 Å². The molecule has 19 heavy (non-hydrogen) atoms. The van der Waals surface area contributed by atoms with E-state index in [9.17, 15) is 0 Å². The SMILES string of the molecule is CN=C(NC)NC[C@H](c1ccccc1OC)N(C)C. The van der Waals surface area contributed by atoms with Gasteiger partial charge in [-0.1, -0.05) is 18.2 Å². The quantitative estimate of drug-likeness (QED) is 0.617. The minimum absolute atomic E-state index is 0.209. The van der Waals surface area contributed by atoms with Crippen molar-refractivity contribution in [2.75, 3.05) is 41.8 Å². The number of hydrogen-bond donors (Lipinski definition) is 2. The van der Waals surface area contributed by atoms with Gasteiger partial charge in [-0.25, -0.2) is 0 Å². The minimum Gasteiger partial charge on any atom is -0.496 e. The van der Waals surface area contributed by atoms with Crippen LogP contribution in [0, 0.1) is 0 Å². The van der Waals surface area contributed by atoms with E-state index < -0.39 is 0 Å². The Morgan fingerprint density at radius 3 is 2.58 bits per heavy atom. The number of hydrogen-bond acceptors (Lipinski definition) is 3. The lowest BCUT2D eigenvalue weighted by Crippen LogP contribution is -2.40. The van der Waals surface area contributed by atoms with Crippen molar-refractivity contribution in [1.82, 2.24) is 15.5 Å². The lowest BCUT2D eigenvalue weighted by molar-refractivity contribution is 0.288. The highest BCUT2D eigenvalue weighted by Gasteiger charge is 2.18. The van der Waals surface area contributed by atoms with Crippen LogP contribution in [-0.2, 0) is 0 Å². The third-order valence-electron chi connectivity index (χ3n) is 3.04. The number of methoxy groups -OCH3 is 1. The molecule has 0 aliphatic heterocycles. The lowest BCUT2D eigenvalue weighted by Gasteiger charge is -2.27. The minimum atomic E-state index is 0.209. The molecule has 5 heteroatoms. The van der Waals surface area contributed by atoms with Gasteiger partial charge in [0.25, 0.3) is 0 Å². The Kier molecular flexibility index (Phi) is 6.15. The smallest absolute Gasteiger partial charge is 0.190 e. The van der Waals surface area contributed by atoms with Gasteiger partial charge < -0.3 is 20.3 Å². The zero-order valence-electron chi connectivity index (χ0n) is 12.4. The van der Waals surface area contributed by atoms with E-state index in [1.807, 2.05) is 25.2 Å². The van der Waals surface area contributed by atoms with Crippen molar-refractivity contribution in [3.8, 4) is 5.75 Å². The standard InChI is InChI=1S/C14H24N4O/c1-15-14(16-2)17-10-12(18(3)4)11-8-6-7-9-13(11)19-5/h6-9,12H,10H2,1-5H3,(H2,15,16,17)/t12-/m1/s1. The average molecular weight is 264 g/mol. The van der Waals surface area contributed by atoms with Crippen LogP contribution < -0.4 is 15.4 Å². The van der Waals surface area contributed by atoms with Crippen LogP contribution in [0.2, 0.25) is 0 Å². The molecule has 0 saturated heterocycles. The van der Waals surface area contributed by atoms with Crippen molar-refractivity contribution in [2.45, 2.75) is 6.04 Å². The summed E-state index contributed by atoms with van der Waals surface area (Å²) in [7, 11) is 9.42. The maximum atomic E-state index is 5.44. The normalized spacial score (nSPS) is 13.3. The zero-order chi connectivity index (χ0) is 14.3. The van der Waals surface area contributed by atoms with Crippen LogP contribution in [0.1, 0.15) is 11.6 Å². The maximum absolute atomic E-state index is 5.44. The second kappa shape index (κ2) is 7.63. The molecule has 0 saturated carbocycles. The monoisotopic (exact) mass is 264 g/mol. The van der Waals surface area contributed by atoms with E-state index in [1.54, 1.807) is 14.2 Å². The van der Waals surface area contributed by atoms with Gasteiger partial charge >= 0.3 is 0 Å². The third kappa shape index (κ3) is 4.13. The summed E-state index contributed by atoms with van der Waals surface area (Å²) < 4.78 is 5.44. The van der Waals surface area contributed by atoms with Gasteiger partial charge in [0.05, 0.1) is 13.2 Å². The van der Waals surface area contributed by atoms with E-state index in [-0.39, 0.29) is 6.04 Å². The lowest BCUT2D eigenvalue weighted by atomic mass is 10.0. The van der Waals surface area contributed by atoms with Crippen LogP contribution in [0.4, 0.5) is 0 Å². The number of ether oxygens (including phenoxy) is 1. The average Bonchev–Trinajstić information content (AvgIpc) is 2.43. The summed E-state index contributed by atoms with van der Waals surface area (Å²) in [6, 6.07) is 8.30. The summed E-state index contributed by atoms with van der Waals surface area (Å²) in [6.07, 6.45) is 0. The molecule has 1 aromatic carbocycles. The van der Waals surface area contributed by atoms with Gasteiger partial charge in [0.1, 0.15) is 5.75 Å². The van der Waals surface area contributed by atoms with E-state index in [4.69, 9.17) is 4.74 Å². The number of guanidine groups is 1. The molecule has 1 aromatic rings. The van der Waals surface area contributed by atoms with Crippen molar-refractivity contribution in [2.24, 2.45) is 4.99 Å². The van der Waals surface area contributed by atoms with Crippen molar-refractivity contribution in [3.63, 3.8) is 0 Å². The fourth-order valence-electron chi connectivity index (χ4n) is 1.99. The fourth-order valence-corrected chi connectivity index (χ4v) is 1.99. The second-order valence-electron chi connectivity index (χ2n) is 4.42. The summed E-state index contributed by atoms with van der Waals surface area (Å²) in [5.74, 6) is 1.68. The molecule has 0 aliphatic rings. The Labute approximate surface area is 115 Å². The Morgan fingerprint density at radius 2 is 2.05 bits per heavy atom. The topological polar surface area (TPSA) is 48.9 Å². The van der Waals surface area contributed by atoms with Crippen molar-refractivity contribution in [3.05, 3.63) is 29.8 Å². The number of benzene rings is 1. The van der Waals surface area contributed by atoms with E-state index in [1.165, 1.54) is 0 Å². The number of para-hydroxylation sites is 1. The predicted molar refractivity (Wildman–Crippen MR) is 79.8 cm³/mol. The number of likely N-dealkylation sites (N-methyl/N-ethyl adjacent to an activating group) is 1. The van der Waals surface area contributed by atoms with Crippen LogP contribution in [0.3, 0.4) is 0 Å². The number of rotatable bonds is 5. The molecule has 2 N–H and O–H groups in total. The van der Waals surface area contributed by atoms with Gasteiger partial charge in [0, 0.05) is 26.2 Å². The molecule has 0 unspecified atom stereocenters. The van der Waals surface area contributed by atoms with E-state index in [0.29, 0.717) is 0 Å². The zero-order valence-corrected chi connectivity index (χ0v) is 12.4. The Bertz CT molecular complexity index is 418. The first kappa shape index (κ1) is 15.3. The van der Waals surface area contributed by atoms with Crippen LogP contribution in [0.15, 0.2) is 29.3 Å². The molecule has 0 bridgehead atoms. The van der Waals surface area contributed by atoms with Crippen molar-refractivity contribution < 1.29 is 4.74 Å². The highest BCUT2D eigenvalue weighted by molar-refractivity contribution is 5.79. The highest BCUT2D eigenvalue weighted by Crippen LogP contribution is 2.27. The van der Waals surface area contributed by atoms with Gasteiger partial charge in [0.2, 0.25) is 0 Å². The van der Waals surface area contributed by atoms with Crippen molar-refractivity contribution >= 4 is 5.96 Å². The summed E-state index contributed by atoms with van der Waals surface area (Å²) in [4.78, 5) is 6.28. The van der Waals surface area contributed by atoms with Gasteiger partial charge in [-0.2, -0.15) is 0 Å². The van der Waals surface area contributed by atoms with E-state index in [0.717, 1.165) is 23.8 Å². The van der Waals surface area contributed by atoms with Gasteiger partial charge in [-0.15, -0.1) is 0 Å². The molecule has 0 fully saturated rings. The molecular formula is C14H24N4O. The van der Waals surface area contributed by atoms with E-state index in [2.05, 4.69) is 40.7 Å². The molecular weight excluding hydrogens is 240 g/mol. The predicted octanol–water partition coefficient (Wildman–Crippen LogP) is 1.09. The van der Waals surface area contributed by atoms with Gasteiger partial charge in [-0.3, -0.25) is 4.99 Å². The molecule has 0 amide bonds. The van der Waals surface area contributed by atoms with Gasteiger partial charge in [0.15, 0.2) is 5.96 Å². The first-order valence-corrected chi connectivity index (χ1v) is 6.31. The Hall–Kier alpha value is -1.75. The molecule has 106 valence electrons. The summed E-state index contributed by atoms with van der Waals surface area (Å²) in [5.41, 5.74) is 1.16. The number of aliphatic imine (C=N–C) groups is 1. The second-order valence-corrected chi connectivity index (χ2v) is 4.42. The molecule has 0 aromatic heterocycles. The molecule has 0 heterocycles. The summed E-state index contributed by atoms with van der Waals surface area (Å²) in [5, 5.41) is 6.31. The highest BCUT2D eigenvalue weighted by atomic mass is 16.5. The number of nitrogens with one attached hydrogen (secondary N) is 2. The Morgan fingerprint density at radius 1 is 1.37 bits per heavy atom. The van der Waals surface area contributed by atoms with Crippen LogP contribution >= 0.6 is 0 Å². The maximum Gasteiger partial charge on any atom is 0.190 e. The molecule has 1 rings (SSSR count). The molecule has 5 nitrogen and oxygen atoms in total. The van der Waals surface area contributed by atoms with Crippen LogP contribution in [-0.4, -0.2) is 52.7 Å². The largest absolute Gasteiger partial charge is 0.496 e. The third-order valence-corrected chi connectivity index (χ3v) is 3.04. The first-order chi connectivity index (χ1) is 9.13. The first-order valence-electron chi connectivity index (χ1n) is 6.31. The van der Waals surface area contributed by atoms with Gasteiger partial charge in [-0.05, 0) is 20.2 Å². The van der Waals surface area contributed by atoms with Crippen LogP contribution in [0.5, 0.6) is 5.75 Å². The summed E-state index contributed by atoms with van der Waals surface area (Å²) >= 11 is 0. The van der Waals surface area contributed by atoms with Crippen molar-refractivity contribution in [1.29, 1.82) is 0 Å². The number of nitrogens with zero attached hydrogens (tertiary/aromatic N) is 2. The summed E-state index contributed by atoms with van der Waals surface area (Å²) in [6.45, 7) is 0.751. The molecule has 0 aliphatic carbocycles. The molecule has 0 spiro atoms. The van der Waals surface area contributed by atoms with Crippen LogP contribution in [0.25, 0.3) is 0 Å². The molecule has 1 atom stereocenters. The fraction of sp³-hybridized carbons (Fsp3) is 0.500. The molecule has 0 radical (unpaired) electrons. The Balaban J connectivity index is 2.88.